The molecule has 0 aliphatic carbocycles. The van der Waals surface area contributed by atoms with Gasteiger partial charge in [0.1, 0.15) is 11.9 Å². The van der Waals surface area contributed by atoms with Crippen molar-refractivity contribution in [3.05, 3.63) is 63.4 Å². The first-order chi connectivity index (χ1) is 10.0. The van der Waals surface area contributed by atoms with E-state index in [-0.39, 0.29) is 11.6 Å². The highest BCUT2D eigenvalue weighted by molar-refractivity contribution is 6.42. The number of rotatable bonds is 4. The summed E-state index contributed by atoms with van der Waals surface area (Å²) in [5.41, 5.74) is 1.68. The molecular weight excluding hydrogens is 310 g/mol. The van der Waals surface area contributed by atoms with Gasteiger partial charge in [0.05, 0.1) is 21.7 Å². The maximum atomic E-state index is 13.3. The van der Waals surface area contributed by atoms with E-state index in [4.69, 9.17) is 28.5 Å². The second-order valence-electron chi connectivity index (χ2n) is 4.59. The lowest BCUT2D eigenvalue weighted by Gasteiger charge is -2.19. The number of anilines is 1. The Morgan fingerprint density at radius 1 is 1.19 bits per heavy atom. The summed E-state index contributed by atoms with van der Waals surface area (Å²) >= 11 is 11.9. The van der Waals surface area contributed by atoms with Crippen molar-refractivity contribution in [3.63, 3.8) is 0 Å². The van der Waals surface area contributed by atoms with Gasteiger partial charge in [0.25, 0.3) is 0 Å². The lowest BCUT2D eigenvalue weighted by molar-refractivity contribution is 0.624. The van der Waals surface area contributed by atoms with Crippen LogP contribution in [0.5, 0.6) is 0 Å². The molecule has 21 heavy (non-hydrogen) atoms. The summed E-state index contributed by atoms with van der Waals surface area (Å²) in [5.74, 6) is -0.523. The van der Waals surface area contributed by atoms with E-state index in [0.29, 0.717) is 15.7 Å². The first kappa shape index (κ1) is 15.6. The number of benzene rings is 2. The number of hydrogen-bond acceptors (Lipinski definition) is 2. The summed E-state index contributed by atoms with van der Waals surface area (Å²) < 4.78 is 13.3. The Labute approximate surface area is 133 Å². The predicted octanol–water partition coefficient (Wildman–Crippen LogP) is 5.57. The van der Waals surface area contributed by atoms with Crippen molar-refractivity contribution >= 4 is 28.9 Å². The quantitative estimate of drug-likeness (QED) is 0.798. The molecule has 108 valence electrons. The lowest BCUT2D eigenvalue weighted by Crippen LogP contribution is -2.10. The predicted molar refractivity (Wildman–Crippen MR) is 84.2 cm³/mol. The van der Waals surface area contributed by atoms with Crippen molar-refractivity contribution in [2.45, 2.75) is 19.4 Å². The molecule has 1 unspecified atom stereocenters. The highest BCUT2D eigenvalue weighted by Crippen LogP contribution is 2.29. The number of halogens is 3. The molecule has 0 bridgehead atoms. The van der Waals surface area contributed by atoms with E-state index >= 15 is 0 Å². The van der Waals surface area contributed by atoms with Gasteiger partial charge < -0.3 is 5.32 Å². The molecule has 0 aliphatic heterocycles. The van der Waals surface area contributed by atoms with Gasteiger partial charge in [-0.25, -0.2) is 4.39 Å². The molecule has 1 atom stereocenters. The highest BCUT2D eigenvalue weighted by atomic mass is 35.5. The largest absolute Gasteiger partial charge is 0.378 e. The first-order valence-electron chi connectivity index (χ1n) is 6.46. The summed E-state index contributed by atoms with van der Waals surface area (Å²) in [6.07, 6.45) is 0.803. The Balaban J connectivity index is 2.27. The van der Waals surface area contributed by atoms with Crippen LogP contribution in [0, 0.1) is 17.1 Å². The minimum atomic E-state index is -0.523. The topological polar surface area (TPSA) is 35.8 Å². The molecule has 0 heterocycles. The monoisotopic (exact) mass is 322 g/mol. The maximum absolute atomic E-state index is 13.3. The van der Waals surface area contributed by atoms with Crippen molar-refractivity contribution in [2.75, 3.05) is 5.32 Å². The van der Waals surface area contributed by atoms with Crippen molar-refractivity contribution in [1.82, 2.24) is 0 Å². The van der Waals surface area contributed by atoms with Crippen LogP contribution in [0.3, 0.4) is 0 Å². The van der Waals surface area contributed by atoms with Crippen molar-refractivity contribution in [2.24, 2.45) is 0 Å². The fourth-order valence-electron chi connectivity index (χ4n) is 2.05. The Hall–Kier alpha value is -1.76. The number of nitrogens with zero attached hydrogens (tertiary/aromatic N) is 1. The van der Waals surface area contributed by atoms with E-state index in [0.717, 1.165) is 12.0 Å². The maximum Gasteiger partial charge on any atom is 0.141 e. The van der Waals surface area contributed by atoms with E-state index in [1.807, 2.05) is 19.1 Å². The highest BCUT2D eigenvalue weighted by Gasteiger charge is 2.12. The van der Waals surface area contributed by atoms with Crippen LogP contribution in [0.4, 0.5) is 10.1 Å². The van der Waals surface area contributed by atoms with Crippen molar-refractivity contribution in [3.8, 4) is 6.07 Å². The molecule has 2 rings (SSSR count). The van der Waals surface area contributed by atoms with Crippen molar-refractivity contribution in [1.29, 1.82) is 5.26 Å². The fourth-order valence-corrected chi connectivity index (χ4v) is 2.36. The summed E-state index contributed by atoms with van der Waals surface area (Å²) in [6.45, 7) is 2.02. The average Bonchev–Trinajstić information content (AvgIpc) is 2.49. The normalized spacial score (nSPS) is 11.8. The van der Waals surface area contributed by atoms with Crippen LogP contribution in [-0.2, 0) is 0 Å². The van der Waals surface area contributed by atoms with Gasteiger partial charge in [-0.15, -0.1) is 0 Å². The second kappa shape index (κ2) is 6.80. The standard InChI is InChI=1S/C16H13Cl2FN2/c1-2-16(10-3-5-13(17)14(18)8-10)21-12-4-6-15(19)11(7-12)9-20/h3-8,16,21H,2H2,1H3. The van der Waals surface area contributed by atoms with Crippen LogP contribution >= 0.6 is 23.2 Å². The number of nitrogens with one attached hydrogen (secondary N) is 1. The van der Waals surface area contributed by atoms with Crippen LogP contribution in [0.25, 0.3) is 0 Å². The van der Waals surface area contributed by atoms with E-state index < -0.39 is 5.82 Å². The molecule has 1 N–H and O–H groups in total. The summed E-state index contributed by atoms with van der Waals surface area (Å²) in [5, 5.41) is 13.1. The van der Waals surface area contributed by atoms with E-state index in [9.17, 15) is 4.39 Å². The molecule has 0 aromatic heterocycles. The Kier molecular flexibility index (Phi) is 5.06. The zero-order valence-electron chi connectivity index (χ0n) is 11.3. The number of nitriles is 1. The van der Waals surface area contributed by atoms with Crippen LogP contribution in [0.2, 0.25) is 10.0 Å². The van der Waals surface area contributed by atoms with Gasteiger partial charge in [0, 0.05) is 5.69 Å². The molecule has 0 radical (unpaired) electrons. The zero-order chi connectivity index (χ0) is 15.4. The van der Waals surface area contributed by atoms with Crippen LogP contribution in [0.1, 0.15) is 30.5 Å². The summed E-state index contributed by atoms with van der Waals surface area (Å²) in [4.78, 5) is 0. The molecule has 0 saturated carbocycles. The molecule has 2 nitrogen and oxygen atoms in total. The van der Waals surface area contributed by atoms with Gasteiger partial charge in [0.15, 0.2) is 0 Å². The smallest absolute Gasteiger partial charge is 0.141 e. The molecule has 0 fully saturated rings. The third-order valence-corrected chi connectivity index (χ3v) is 3.92. The van der Waals surface area contributed by atoms with E-state index in [1.165, 1.54) is 12.1 Å². The van der Waals surface area contributed by atoms with Gasteiger partial charge in [-0.2, -0.15) is 5.26 Å². The fraction of sp³-hybridized carbons (Fsp3) is 0.188. The van der Waals surface area contributed by atoms with Crippen LogP contribution in [0.15, 0.2) is 36.4 Å². The third-order valence-electron chi connectivity index (χ3n) is 3.18. The summed E-state index contributed by atoms with van der Waals surface area (Å²) in [6, 6.07) is 11.7. The van der Waals surface area contributed by atoms with Crippen molar-refractivity contribution < 1.29 is 4.39 Å². The second-order valence-corrected chi connectivity index (χ2v) is 5.40. The molecule has 0 saturated heterocycles. The Morgan fingerprint density at radius 2 is 1.95 bits per heavy atom. The number of hydrogen-bond donors (Lipinski definition) is 1. The van der Waals surface area contributed by atoms with E-state index in [1.54, 1.807) is 18.2 Å². The van der Waals surface area contributed by atoms with Gasteiger partial charge in [0.2, 0.25) is 0 Å². The third kappa shape index (κ3) is 3.66. The molecule has 0 amide bonds. The molecule has 2 aromatic carbocycles. The minimum Gasteiger partial charge on any atom is -0.378 e. The van der Waals surface area contributed by atoms with E-state index in [2.05, 4.69) is 5.32 Å². The average molecular weight is 323 g/mol. The van der Waals surface area contributed by atoms with Gasteiger partial charge in [-0.05, 0) is 42.3 Å². The van der Waals surface area contributed by atoms with Gasteiger partial charge in [-0.3, -0.25) is 0 Å². The van der Waals surface area contributed by atoms with Gasteiger partial charge >= 0.3 is 0 Å². The summed E-state index contributed by atoms with van der Waals surface area (Å²) in [7, 11) is 0. The molecule has 0 spiro atoms. The Morgan fingerprint density at radius 3 is 2.57 bits per heavy atom. The lowest BCUT2D eigenvalue weighted by atomic mass is 10.0. The van der Waals surface area contributed by atoms with Crippen LogP contribution < -0.4 is 5.32 Å². The molecule has 0 aliphatic rings. The first-order valence-corrected chi connectivity index (χ1v) is 7.22. The minimum absolute atomic E-state index is 0.00299. The zero-order valence-corrected chi connectivity index (χ0v) is 12.8. The van der Waals surface area contributed by atoms with Crippen LogP contribution in [-0.4, -0.2) is 0 Å². The molecule has 5 heteroatoms. The molecular formula is C16H13Cl2FN2. The Bertz CT molecular complexity index is 695. The molecule has 2 aromatic rings. The van der Waals surface area contributed by atoms with Gasteiger partial charge in [-0.1, -0.05) is 36.2 Å². The SMILES string of the molecule is CCC(Nc1ccc(F)c(C#N)c1)c1ccc(Cl)c(Cl)c1.